The van der Waals surface area contributed by atoms with Crippen LogP contribution in [0.1, 0.15) is 0 Å². The summed E-state index contributed by atoms with van der Waals surface area (Å²) in [5, 5.41) is 3.08. The lowest BCUT2D eigenvalue weighted by molar-refractivity contribution is 0.247. The van der Waals surface area contributed by atoms with E-state index in [0.717, 1.165) is 5.69 Å². The lowest BCUT2D eigenvalue weighted by atomic mass is 10.2. The third kappa shape index (κ3) is 1.89. The summed E-state index contributed by atoms with van der Waals surface area (Å²) in [5.74, 6) is 0. The first-order valence-corrected chi connectivity index (χ1v) is 6.21. The highest BCUT2D eigenvalue weighted by atomic mass is 16.2. The molecule has 5 heteroatoms. The maximum absolute atomic E-state index is 12.5. The van der Waals surface area contributed by atoms with Gasteiger partial charge in [-0.1, -0.05) is 30.3 Å². The van der Waals surface area contributed by atoms with Crippen molar-refractivity contribution in [1.29, 1.82) is 0 Å². The number of rotatable bonds is 1. The quantitative estimate of drug-likeness (QED) is 0.736. The number of carbonyl (C=O) groups is 1. The number of hydrogen-bond acceptors (Lipinski definition) is 2. The molecule has 5 nitrogen and oxygen atoms in total. The topological polar surface area (TPSA) is 58.1 Å². The van der Waals surface area contributed by atoms with E-state index in [4.69, 9.17) is 0 Å². The average Bonchev–Trinajstić information content (AvgIpc) is 2.84. The van der Waals surface area contributed by atoms with Gasteiger partial charge in [0.05, 0.1) is 10.9 Å². The number of carbonyl (C=O) groups excluding carboxylic acids is 1. The van der Waals surface area contributed by atoms with Gasteiger partial charge in [-0.15, -0.1) is 0 Å². The van der Waals surface area contributed by atoms with Gasteiger partial charge in [0.15, 0.2) is 0 Å². The molecular weight excluding hydrogens is 254 g/mol. The fourth-order valence-corrected chi connectivity index (χ4v) is 2.15. The standard InChI is InChI=1S/C15H13N3O2/c1-17(11-7-3-2-4-8-11)15(20)18-13-10-6-5-9-12(13)14(19)16-18/h2-10H,1H3,(H,16,19). The number of nitrogens with one attached hydrogen (secondary N) is 1. The van der Waals surface area contributed by atoms with Gasteiger partial charge in [-0.05, 0) is 24.3 Å². The largest absolute Gasteiger partial charge is 0.347 e. The highest BCUT2D eigenvalue weighted by Gasteiger charge is 2.17. The molecule has 0 radical (unpaired) electrons. The number of fused-ring (bicyclic) bond motifs is 1. The van der Waals surface area contributed by atoms with Gasteiger partial charge in [0.25, 0.3) is 5.56 Å². The lowest BCUT2D eigenvalue weighted by Crippen LogP contribution is -2.32. The van der Waals surface area contributed by atoms with Gasteiger partial charge in [0.2, 0.25) is 0 Å². The maximum Gasteiger partial charge on any atom is 0.347 e. The molecule has 0 aliphatic rings. The molecule has 20 heavy (non-hydrogen) atoms. The first-order valence-electron chi connectivity index (χ1n) is 6.21. The number of amides is 1. The van der Waals surface area contributed by atoms with Gasteiger partial charge in [0, 0.05) is 12.7 Å². The summed E-state index contributed by atoms with van der Waals surface area (Å²) in [6.07, 6.45) is 0. The second kappa shape index (κ2) is 4.70. The third-order valence-corrected chi connectivity index (χ3v) is 3.22. The normalized spacial score (nSPS) is 10.7. The van der Waals surface area contributed by atoms with E-state index in [-0.39, 0.29) is 11.6 Å². The van der Waals surface area contributed by atoms with Crippen molar-refractivity contribution in [1.82, 2.24) is 9.78 Å². The van der Waals surface area contributed by atoms with Crippen LogP contribution < -0.4 is 10.5 Å². The van der Waals surface area contributed by atoms with Crippen LogP contribution in [0.25, 0.3) is 10.9 Å². The Morgan fingerprint density at radius 1 is 1.05 bits per heavy atom. The van der Waals surface area contributed by atoms with Crippen molar-refractivity contribution >= 4 is 22.6 Å². The van der Waals surface area contributed by atoms with E-state index in [0.29, 0.717) is 10.9 Å². The molecule has 1 amide bonds. The molecule has 0 spiro atoms. The zero-order valence-electron chi connectivity index (χ0n) is 10.9. The minimum atomic E-state index is -0.311. The van der Waals surface area contributed by atoms with Crippen molar-refractivity contribution in [2.24, 2.45) is 0 Å². The first-order chi connectivity index (χ1) is 9.68. The Morgan fingerprint density at radius 2 is 1.70 bits per heavy atom. The number of H-pyrrole nitrogens is 1. The van der Waals surface area contributed by atoms with Crippen molar-refractivity contribution in [2.75, 3.05) is 11.9 Å². The van der Waals surface area contributed by atoms with Crippen LogP contribution in [0.2, 0.25) is 0 Å². The maximum atomic E-state index is 12.5. The zero-order chi connectivity index (χ0) is 14.1. The highest BCUT2D eigenvalue weighted by Crippen LogP contribution is 2.15. The predicted octanol–water partition coefficient (Wildman–Crippen LogP) is 2.43. The van der Waals surface area contributed by atoms with Gasteiger partial charge in [-0.25, -0.2) is 9.48 Å². The number of aromatic nitrogens is 2. The molecule has 100 valence electrons. The summed E-state index contributed by atoms with van der Waals surface area (Å²) in [4.78, 5) is 25.8. The minimum absolute atomic E-state index is 0.268. The van der Waals surface area contributed by atoms with E-state index in [1.54, 1.807) is 31.3 Å². The Labute approximate surface area is 115 Å². The number of nitrogens with zero attached hydrogens (tertiary/aromatic N) is 2. The van der Waals surface area contributed by atoms with Crippen LogP contribution >= 0.6 is 0 Å². The SMILES string of the molecule is CN(C(=O)n1[nH]c(=O)c2ccccc21)c1ccccc1. The van der Waals surface area contributed by atoms with Crippen LogP contribution in [0.3, 0.4) is 0 Å². The summed E-state index contributed by atoms with van der Waals surface area (Å²) in [6.45, 7) is 0. The van der Waals surface area contributed by atoms with Crippen LogP contribution in [-0.4, -0.2) is 22.9 Å². The van der Waals surface area contributed by atoms with Crippen molar-refractivity contribution in [3.8, 4) is 0 Å². The van der Waals surface area contributed by atoms with Crippen LogP contribution in [0.15, 0.2) is 59.4 Å². The average molecular weight is 267 g/mol. The molecule has 0 bridgehead atoms. The molecule has 3 rings (SSSR count). The van der Waals surface area contributed by atoms with E-state index >= 15 is 0 Å². The Balaban J connectivity index is 2.08. The third-order valence-electron chi connectivity index (χ3n) is 3.22. The molecule has 0 aliphatic carbocycles. The molecule has 0 atom stereocenters. The smallest absolute Gasteiger partial charge is 0.296 e. The minimum Gasteiger partial charge on any atom is -0.296 e. The Morgan fingerprint density at radius 3 is 2.45 bits per heavy atom. The molecule has 0 unspecified atom stereocenters. The second-order valence-corrected chi connectivity index (χ2v) is 4.47. The molecule has 1 aromatic heterocycles. The summed E-state index contributed by atoms with van der Waals surface area (Å²) in [7, 11) is 1.67. The summed E-state index contributed by atoms with van der Waals surface area (Å²) < 4.78 is 1.27. The van der Waals surface area contributed by atoms with Crippen LogP contribution in [0.4, 0.5) is 10.5 Å². The monoisotopic (exact) mass is 267 g/mol. The Kier molecular flexibility index (Phi) is 2.87. The molecule has 0 saturated carbocycles. The first kappa shape index (κ1) is 12.2. The fourth-order valence-electron chi connectivity index (χ4n) is 2.15. The Bertz CT molecular complexity index is 818. The lowest BCUT2D eigenvalue weighted by Gasteiger charge is -2.17. The molecule has 0 aliphatic heterocycles. The number of para-hydroxylation sites is 2. The van der Waals surface area contributed by atoms with E-state index in [1.165, 1.54) is 9.58 Å². The van der Waals surface area contributed by atoms with Crippen molar-refractivity contribution in [3.05, 3.63) is 65.0 Å². The van der Waals surface area contributed by atoms with Crippen molar-refractivity contribution < 1.29 is 4.79 Å². The van der Waals surface area contributed by atoms with Crippen LogP contribution in [0.5, 0.6) is 0 Å². The van der Waals surface area contributed by atoms with Gasteiger partial charge in [-0.3, -0.25) is 14.8 Å². The van der Waals surface area contributed by atoms with Gasteiger partial charge < -0.3 is 0 Å². The van der Waals surface area contributed by atoms with E-state index in [9.17, 15) is 9.59 Å². The molecule has 2 aromatic carbocycles. The number of hydrogen-bond donors (Lipinski definition) is 1. The number of benzene rings is 2. The van der Waals surface area contributed by atoms with Crippen LogP contribution in [-0.2, 0) is 0 Å². The summed E-state index contributed by atoms with van der Waals surface area (Å²) >= 11 is 0. The molecular formula is C15H13N3O2. The van der Waals surface area contributed by atoms with Crippen molar-refractivity contribution in [2.45, 2.75) is 0 Å². The zero-order valence-corrected chi connectivity index (χ0v) is 10.9. The molecule has 0 saturated heterocycles. The highest BCUT2D eigenvalue weighted by molar-refractivity contribution is 5.98. The van der Waals surface area contributed by atoms with Gasteiger partial charge in [-0.2, -0.15) is 0 Å². The molecule has 3 aromatic rings. The molecule has 1 N–H and O–H groups in total. The summed E-state index contributed by atoms with van der Waals surface area (Å²) in [6, 6.07) is 16.0. The van der Waals surface area contributed by atoms with Crippen molar-refractivity contribution in [3.63, 3.8) is 0 Å². The predicted molar refractivity (Wildman–Crippen MR) is 78.2 cm³/mol. The second-order valence-electron chi connectivity index (χ2n) is 4.47. The molecule has 1 heterocycles. The van der Waals surface area contributed by atoms with E-state index in [1.807, 2.05) is 30.3 Å². The number of anilines is 1. The Hall–Kier alpha value is -2.82. The van der Waals surface area contributed by atoms with E-state index in [2.05, 4.69) is 5.10 Å². The van der Waals surface area contributed by atoms with Gasteiger partial charge >= 0.3 is 6.03 Å². The summed E-state index contributed by atoms with van der Waals surface area (Å²) in [5.41, 5.74) is 1.07. The van der Waals surface area contributed by atoms with Crippen LogP contribution in [0, 0.1) is 0 Å². The van der Waals surface area contributed by atoms with E-state index < -0.39 is 0 Å². The molecule has 0 fully saturated rings. The fraction of sp³-hybridized carbons (Fsp3) is 0.0667. The van der Waals surface area contributed by atoms with Gasteiger partial charge in [0.1, 0.15) is 0 Å². The number of aromatic amines is 1.